The van der Waals surface area contributed by atoms with E-state index in [4.69, 9.17) is 9.15 Å². The summed E-state index contributed by atoms with van der Waals surface area (Å²) in [5.74, 6) is 0. The first kappa shape index (κ1) is 13.0. The standard InChI is InChI=1S/C17H12N2O2S/c1-2-5-12(6-3-1)11-20-17-19-14-8-4-7-13(15(14)21-17)16-18-9-10-22-16/h1-10H,11H2. The van der Waals surface area contributed by atoms with Crippen molar-refractivity contribution in [2.75, 3.05) is 0 Å². The Morgan fingerprint density at radius 3 is 2.77 bits per heavy atom. The van der Waals surface area contributed by atoms with Gasteiger partial charge in [0.1, 0.15) is 17.1 Å². The molecular formula is C17H12N2O2S. The molecule has 0 bridgehead atoms. The van der Waals surface area contributed by atoms with Gasteiger partial charge in [-0.05, 0) is 17.7 Å². The van der Waals surface area contributed by atoms with E-state index in [0.717, 1.165) is 21.7 Å². The molecule has 108 valence electrons. The number of hydrogen-bond acceptors (Lipinski definition) is 5. The topological polar surface area (TPSA) is 48.2 Å². The van der Waals surface area contributed by atoms with Crippen molar-refractivity contribution in [2.45, 2.75) is 6.61 Å². The van der Waals surface area contributed by atoms with Gasteiger partial charge >= 0.3 is 6.08 Å². The maximum atomic E-state index is 5.78. The molecule has 0 atom stereocenters. The summed E-state index contributed by atoms with van der Waals surface area (Å²) < 4.78 is 11.4. The monoisotopic (exact) mass is 308 g/mol. The fourth-order valence-corrected chi connectivity index (χ4v) is 2.89. The fourth-order valence-electron chi connectivity index (χ4n) is 2.23. The van der Waals surface area contributed by atoms with E-state index >= 15 is 0 Å². The molecular weight excluding hydrogens is 296 g/mol. The van der Waals surface area contributed by atoms with E-state index in [9.17, 15) is 0 Å². The van der Waals surface area contributed by atoms with E-state index < -0.39 is 0 Å². The van der Waals surface area contributed by atoms with E-state index in [1.54, 1.807) is 17.5 Å². The van der Waals surface area contributed by atoms with Crippen LogP contribution in [0.3, 0.4) is 0 Å². The molecule has 0 fully saturated rings. The number of hydrogen-bond donors (Lipinski definition) is 0. The number of ether oxygens (including phenoxy) is 1. The van der Waals surface area contributed by atoms with Crippen molar-refractivity contribution in [1.82, 2.24) is 9.97 Å². The zero-order valence-corrected chi connectivity index (χ0v) is 12.4. The quantitative estimate of drug-likeness (QED) is 0.555. The highest BCUT2D eigenvalue weighted by Gasteiger charge is 2.13. The number of oxazole rings is 1. The molecule has 0 unspecified atom stereocenters. The van der Waals surface area contributed by atoms with Gasteiger partial charge in [-0.2, -0.15) is 4.98 Å². The van der Waals surface area contributed by atoms with Crippen molar-refractivity contribution in [2.24, 2.45) is 0 Å². The minimum atomic E-state index is 0.280. The van der Waals surface area contributed by atoms with Crippen LogP contribution in [0.1, 0.15) is 5.56 Å². The molecule has 0 aliphatic heterocycles. The largest absolute Gasteiger partial charge is 0.445 e. The average molecular weight is 308 g/mol. The third-order valence-corrected chi connectivity index (χ3v) is 4.07. The summed E-state index contributed by atoms with van der Waals surface area (Å²) in [5.41, 5.74) is 3.50. The lowest BCUT2D eigenvalue weighted by Crippen LogP contribution is -1.94. The molecule has 2 heterocycles. The van der Waals surface area contributed by atoms with Crippen molar-refractivity contribution in [1.29, 1.82) is 0 Å². The summed E-state index contributed by atoms with van der Waals surface area (Å²) in [7, 11) is 0. The van der Waals surface area contributed by atoms with E-state index in [1.165, 1.54) is 0 Å². The molecule has 0 radical (unpaired) electrons. The van der Waals surface area contributed by atoms with Crippen molar-refractivity contribution in [3.8, 4) is 16.6 Å². The first-order valence-corrected chi connectivity index (χ1v) is 7.74. The van der Waals surface area contributed by atoms with Crippen LogP contribution in [0.15, 0.2) is 64.5 Å². The molecule has 0 spiro atoms. The number of rotatable bonds is 4. The molecule has 0 N–H and O–H groups in total. The first-order valence-electron chi connectivity index (χ1n) is 6.86. The van der Waals surface area contributed by atoms with Crippen LogP contribution in [-0.2, 0) is 6.61 Å². The molecule has 4 rings (SSSR count). The van der Waals surface area contributed by atoms with Crippen LogP contribution in [0, 0.1) is 0 Å². The predicted octanol–water partition coefficient (Wildman–Crippen LogP) is 4.53. The molecule has 0 aliphatic rings. The molecule has 2 aromatic carbocycles. The van der Waals surface area contributed by atoms with Crippen LogP contribution in [0.2, 0.25) is 0 Å². The van der Waals surface area contributed by atoms with Crippen LogP contribution < -0.4 is 4.74 Å². The Kier molecular flexibility index (Phi) is 3.33. The van der Waals surface area contributed by atoms with Gasteiger partial charge in [0, 0.05) is 11.6 Å². The van der Waals surface area contributed by atoms with Crippen LogP contribution >= 0.6 is 11.3 Å². The van der Waals surface area contributed by atoms with Crippen molar-refractivity contribution in [3.05, 3.63) is 65.7 Å². The third kappa shape index (κ3) is 2.46. The smallest absolute Gasteiger partial charge is 0.395 e. The summed E-state index contributed by atoms with van der Waals surface area (Å²) in [4.78, 5) is 8.72. The van der Waals surface area contributed by atoms with Gasteiger partial charge in [0.2, 0.25) is 0 Å². The number of para-hydroxylation sites is 1. The van der Waals surface area contributed by atoms with Gasteiger partial charge < -0.3 is 9.15 Å². The minimum absolute atomic E-state index is 0.280. The molecule has 0 amide bonds. The van der Waals surface area contributed by atoms with Crippen molar-refractivity contribution < 1.29 is 9.15 Å². The van der Waals surface area contributed by atoms with Gasteiger partial charge in [-0.15, -0.1) is 11.3 Å². The van der Waals surface area contributed by atoms with Crippen molar-refractivity contribution in [3.63, 3.8) is 0 Å². The Balaban J connectivity index is 1.65. The van der Waals surface area contributed by atoms with Crippen LogP contribution in [-0.4, -0.2) is 9.97 Å². The molecule has 0 saturated carbocycles. The number of thiazole rings is 1. The summed E-state index contributed by atoms with van der Waals surface area (Å²) in [6.07, 6.45) is 2.06. The second-order valence-electron chi connectivity index (χ2n) is 4.75. The Hall–Kier alpha value is -2.66. The molecule has 4 aromatic rings. The zero-order chi connectivity index (χ0) is 14.8. The molecule has 5 heteroatoms. The normalized spacial score (nSPS) is 10.9. The molecule has 0 saturated heterocycles. The SMILES string of the molecule is c1ccc(COc2nc3cccc(-c4nccs4)c3o2)cc1. The molecule has 2 aromatic heterocycles. The number of nitrogens with zero attached hydrogens (tertiary/aromatic N) is 2. The van der Waals surface area contributed by atoms with Crippen LogP contribution in [0.4, 0.5) is 0 Å². The van der Waals surface area contributed by atoms with E-state index in [-0.39, 0.29) is 6.08 Å². The van der Waals surface area contributed by atoms with Gasteiger partial charge in [-0.3, -0.25) is 0 Å². The predicted molar refractivity (Wildman–Crippen MR) is 85.9 cm³/mol. The van der Waals surface area contributed by atoms with Crippen LogP contribution in [0.25, 0.3) is 21.7 Å². The first-order chi connectivity index (χ1) is 10.9. The maximum absolute atomic E-state index is 5.78. The number of fused-ring (bicyclic) bond motifs is 1. The minimum Gasteiger partial charge on any atom is -0.445 e. The highest BCUT2D eigenvalue weighted by atomic mass is 32.1. The summed E-state index contributed by atoms with van der Waals surface area (Å²) in [6.45, 7) is 0.431. The second kappa shape index (κ2) is 5.61. The Labute approximate surface area is 131 Å². The molecule has 0 aliphatic carbocycles. The van der Waals surface area contributed by atoms with Gasteiger partial charge in [0.25, 0.3) is 0 Å². The summed E-state index contributed by atoms with van der Waals surface area (Å²) >= 11 is 1.57. The van der Waals surface area contributed by atoms with E-state index in [1.807, 2.05) is 53.9 Å². The lowest BCUT2D eigenvalue weighted by molar-refractivity contribution is 0.226. The number of aromatic nitrogens is 2. The Morgan fingerprint density at radius 1 is 1.05 bits per heavy atom. The third-order valence-electron chi connectivity index (χ3n) is 3.26. The lowest BCUT2D eigenvalue weighted by Gasteiger charge is -2.00. The number of benzene rings is 2. The molecule has 4 nitrogen and oxygen atoms in total. The Morgan fingerprint density at radius 2 is 1.95 bits per heavy atom. The lowest BCUT2D eigenvalue weighted by atomic mass is 10.2. The van der Waals surface area contributed by atoms with E-state index in [2.05, 4.69) is 9.97 Å². The van der Waals surface area contributed by atoms with Crippen LogP contribution in [0.5, 0.6) is 6.08 Å². The Bertz CT molecular complexity index is 886. The summed E-state index contributed by atoms with van der Waals surface area (Å²) in [5, 5.41) is 2.86. The fraction of sp³-hybridized carbons (Fsp3) is 0.0588. The molecule has 22 heavy (non-hydrogen) atoms. The van der Waals surface area contributed by atoms with Crippen molar-refractivity contribution >= 4 is 22.4 Å². The maximum Gasteiger partial charge on any atom is 0.395 e. The second-order valence-corrected chi connectivity index (χ2v) is 5.64. The van der Waals surface area contributed by atoms with Gasteiger partial charge in [-0.1, -0.05) is 36.4 Å². The zero-order valence-electron chi connectivity index (χ0n) is 11.6. The van der Waals surface area contributed by atoms with E-state index in [0.29, 0.717) is 12.2 Å². The van der Waals surface area contributed by atoms with Gasteiger partial charge in [-0.25, -0.2) is 4.98 Å². The van der Waals surface area contributed by atoms with Gasteiger partial charge in [0.15, 0.2) is 5.58 Å². The highest BCUT2D eigenvalue weighted by molar-refractivity contribution is 7.13. The average Bonchev–Trinajstić information content (AvgIpc) is 3.22. The highest BCUT2D eigenvalue weighted by Crippen LogP contribution is 2.32. The van der Waals surface area contributed by atoms with Gasteiger partial charge in [0.05, 0.1) is 5.56 Å². The summed E-state index contributed by atoms with van der Waals surface area (Å²) in [6, 6.07) is 15.8.